The highest BCUT2D eigenvalue weighted by Crippen LogP contribution is 2.34. The summed E-state index contributed by atoms with van der Waals surface area (Å²) in [5.74, 6) is 0.660. The minimum atomic E-state index is -0.103. The lowest BCUT2D eigenvalue weighted by Gasteiger charge is -2.31. The van der Waals surface area contributed by atoms with E-state index in [2.05, 4.69) is 26.9 Å². The molecule has 1 aromatic heterocycles. The van der Waals surface area contributed by atoms with E-state index < -0.39 is 0 Å². The van der Waals surface area contributed by atoms with Crippen LogP contribution in [0.15, 0.2) is 24.5 Å². The smallest absolute Gasteiger partial charge is 0.104 e. The molecule has 0 radical (unpaired) electrons. The molecule has 0 unspecified atom stereocenters. The first-order valence-corrected chi connectivity index (χ1v) is 9.37. The topological polar surface area (TPSA) is 37.8 Å². The quantitative estimate of drug-likeness (QED) is 0.841. The Morgan fingerprint density at radius 2 is 1.96 bits per heavy atom. The maximum Gasteiger partial charge on any atom is 0.104 e. The molecule has 0 aromatic carbocycles. The van der Waals surface area contributed by atoms with E-state index in [9.17, 15) is 0 Å². The number of hydrogen-bond donors (Lipinski definition) is 0. The van der Waals surface area contributed by atoms with Gasteiger partial charge in [-0.25, -0.2) is 0 Å². The van der Waals surface area contributed by atoms with Crippen molar-refractivity contribution in [2.75, 3.05) is 52.5 Å². The lowest BCUT2D eigenvalue weighted by molar-refractivity contribution is -0.0563. The molecule has 3 aliphatic rings. The van der Waals surface area contributed by atoms with Gasteiger partial charge in [-0.3, -0.25) is 9.88 Å². The molecule has 5 heteroatoms. The SMILES string of the molecule is c1cc(CN2CCOC[C@]3(C[C@@H](CN4CCCC4)CO3)C2)ccn1. The van der Waals surface area contributed by atoms with E-state index in [4.69, 9.17) is 9.47 Å². The van der Waals surface area contributed by atoms with Gasteiger partial charge in [0.25, 0.3) is 0 Å². The highest BCUT2D eigenvalue weighted by atomic mass is 16.5. The predicted octanol–water partition coefficient (Wildman–Crippen LogP) is 1.78. The van der Waals surface area contributed by atoms with Crippen molar-refractivity contribution in [1.29, 1.82) is 0 Å². The van der Waals surface area contributed by atoms with Gasteiger partial charge in [0.05, 0.1) is 19.8 Å². The first kappa shape index (κ1) is 16.5. The standard InChI is InChI=1S/C19H29N3O2/c1-2-8-21(7-1)13-18-11-19(24-14-18)15-22(9-10-23-16-19)12-17-3-5-20-6-4-17/h3-6,18H,1-2,7-16H2/t18-,19-/m0/s1. The largest absolute Gasteiger partial charge is 0.377 e. The average molecular weight is 331 g/mol. The molecule has 3 saturated heterocycles. The third-order valence-corrected chi connectivity index (χ3v) is 5.59. The van der Waals surface area contributed by atoms with E-state index in [1.54, 1.807) is 0 Å². The molecular formula is C19H29N3O2. The Morgan fingerprint density at radius 3 is 2.79 bits per heavy atom. The fraction of sp³-hybridized carbons (Fsp3) is 0.737. The summed E-state index contributed by atoms with van der Waals surface area (Å²) >= 11 is 0. The number of nitrogens with zero attached hydrogens (tertiary/aromatic N) is 3. The molecule has 0 saturated carbocycles. The van der Waals surface area contributed by atoms with Crippen LogP contribution in [0.25, 0.3) is 0 Å². The van der Waals surface area contributed by atoms with Crippen LogP contribution in [0.3, 0.4) is 0 Å². The molecule has 3 fully saturated rings. The Bertz CT molecular complexity index is 521. The van der Waals surface area contributed by atoms with Crippen molar-refractivity contribution in [1.82, 2.24) is 14.8 Å². The van der Waals surface area contributed by atoms with Gasteiger partial charge in [-0.2, -0.15) is 0 Å². The zero-order valence-electron chi connectivity index (χ0n) is 14.5. The van der Waals surface area contributed by atoms with E-state index in [-0.39, 0.29) is 5.60 Å². The lowest BCUT2D eigenvalue weighted by Crippen LogP contribution is -2.44. The van der Waals surface area contributed by atoms with Crippen molar-refractivity contribution >= 4 is 0 Å². The zero-order chi connectivity index (χ0) is 16.2. The van der Waals surface area contributed by atoms with Crippen molar-refractivity contribution in [3.63, 3.8) is 0 Å². The van der Waals surface area contributed by atoms with Gasteiger partial charge in [-0.1, -0.05) is 0 Å². The number of pyridine rings is 1. The fourth-order valence-electron chi connectivity index (χ4n) is 4.46. The third kappa shape index (κ3) is 3.97. The summed E-state index contributed by atoms with van der Waals surface area (Å²) in [6, 6.07) is 4.20. The van der Waals surface area contributed by atoms with Crippen LogP contribution in [0.5, 0.6) is 0 Å². The summed E-state index contributed by atoms with van der Waals surface area (Å²) in [4.78, 5) is 9.21. The van der Waals surface area contributed by atoms with Crippen molar-refractivity contribution in [2.45, 2.75) is 31.4 Å². The molecule has 1 aromatic rings. The van der Waals surface area contributed by atoms with Gasteiger partial charge in [0.15, 0.2) is 0 Å². The summed E-state index contributed by atoms with van der Waals surface area (Å²) in [6.07, 6.45) is 7.61. The second-order valence-corrected chi connectivity index (χ2v) is 7.69. The second-order valence-electron chi connectivity index (χ2n) is 7.69. The maximum absolute atomic E-state index is 6.35. The molecule has 1 spiro atoms. The van der Waals surface area contributed by atoms with E-state index in [1.807, 2.05) is 12.4 Å². The molecule has 4 rings (SSSR count). The van der Waals surface area contributed by atoms with Gasteiger partial charge in [-0.15, -0.1) is 0 Å². The van der Waals surface area contributed by atoms with Crippen molar-refractivity contribution in [3.05, 3.63) is 30.1 Å². The maximum atomic E-state index is 6.35. The molecule has 5 nitrogen and oxygen atoms in total. The molecule has 2 atom stereocenters. The van der Waals surface area contributed by atoms with Crippen LogP contribution < -0.4 is 0 Å². The highest BCUT2D eigenvalue weighted by Gasteiger charge is 2.43. The van der Waals surface area contributed by atoms with Crippen LogP contribution in [-0.2, 0) is 16.0 Å². The third-order valence-electron chi connectivity index (χ3n) is 5.59. The number of ether oxygens (including phenoxy) is 2. The Kier molecular flexibility index (Phi) is 5.13. The number of aromatic nitrogens is 1. The highest BCUT2D eigenvalue weighted by molar-refractivity contribution is 5.10. The monoisotopic (exact) mass is 331 g/mol. The number of likely N-dealkylation sites (tertiary alicyclic amines) is 1. The molecule has 0 bridgehead atoms. The van der Waals surface area contributed by atoms with E-state index in [0.29, 0.717) is 5.92 Å². The summed E-state index contributed by atoms with van der Waals surface area (Å²) in [7, 11) is 0. The normalized spacial score (nSPS) is 32.4. The Hall–Kier alpha value is -1.01. The fourth-order valence-corrected chi connectivity index (χ4v) is 4.46. The van der Waals surface area contributed by atoms with E-state index in [0.717, 1.165) is 45.9 Å². The van der Waals surface area contributed by atoms with Crippen LogP contribution in [-0.4, -0.2) is 72.9 Å². The van der Waals surface area contributed by atoms with Crippen LogP contribution in [0.1, 0.15) is 24.8 Å². The first-order chi connectivity index (χ1) is 11.8. The average Bonchev–Trinajstić information content (AvgIpc) is 3.19. The molecule has 0 aliphatic carbocycles. The molecule has 4 heterocycles. The van der Waals surface area contributed by atoms with Crippen LogP contribution >= 0.6 is 0 Å². The first-order valence-electron chi connectivity index (χ1n) is 9.37. The van der Waals surface area contributed by atoms with Crippen molar-refractivity contribution in [3.8, 4) is 0 Å². The predicted molar refractivity (Wildman–Crippen MR) is 92.8 cm³/mol. The second kappa shape index (κ2) is 7.48. The van der Waals surface area contributed by atoms with Gasteiger partial charge in [0.2, 0.25) is 0 Å². The van der Waals surface area contributed by atoms with Crippen molar-refractivity contribution < 1.29 is 9.47 Å². The molecule has 3 aliphatic heterocycles. The minimum Gasteiger partial charge on any atom is -0.377 e. The Balaban J connectivity index is 1.37. The molecule has 0 N–H and O–H groups in total. The Morgan fingerprint density at radius 1 is 1.12 bits per heavy atom. The van der Waals surface area contributed by atoms with Gasteiger partial charge >= 0.3 is 0 Å². The summed E-state index contributed by atoms with van der Waals surface area (Å²) < 4.78 is 12.3. The lowest BCUT2D eigenvalue weighted by atomic mass is 9.93. The van der Waals surface area contributed by atoms with Crippen molar-refractivity contribution in [2.24, 2.45) is 5.92 Å². The summed E-state index contributed by atoms with van der Waals surface area (Å²) in [6.45, 7) is 9.09. The molecule has 0 amide bonds. The Labute approximate surface area is 144 Å². The van der Waals surface area contributed by atoms with Crippen LogP contribution in [0, 0.1) is 5.92 Å². The molecule has 132 valence electrons. The molecular weight excluding hydrogens is 302 g/mol. The van der Waals surface area contributed by atoms with Gasteiger partial charge < -0.3 is 14.4 Å². The van der Waals surface area contributed by atoms with Gasteiger partial charge in [0.1, 0.15) is 5.60 Å². The molecule has 24 heavy (non-hydrogen) atoms. The minimum absolute atomic E-state index is 0.103. The zero-order valence-corrected chi connectivity index (χ0v) is 14.5. The van der Waals surface area contributed by atoms with Crippen LogP contribution in [0.4, 0.5) is 0 Å². The van der Waals surface area contributed by atoms with Gasteiger partial charge in [-0.05, 0) is 56.0 Å². The number of hydrogen-bond acceptors (Lipinski definition) is 5. The summed E-state index contributed by atoms with van der Waals surface area (Å²) in [5.41, 5.74) is 1.21. The summed E-state index contributed by atoms with van der Waals surface area (Å²) in [5, 5.41) is 0. The van der Waals surface area contributed by atoms with E-state index in [1.165, 1.54) is 38.0 Å². The van der Waals surface area contributed by atoms with Gasteiger partial charge in [0, 0.05) is 38.6 Å². The number of rotatable bonds is 4. The van der Waals surface area contributed by atoms with E-state index >= 15 is 0 Å². The van der Waals surface area contributed by atoms with Crippen LogP contribution in [0.2, 0.25) is 0 Å².